The number of nitro groups is 1. The van der Waals surface area contributed by atoms with E-state index >= 15 is 0 Å². The van der Waals surface area contributed by atoms with E-state index < -0.39 is 10.8 Å². The summed E-state index contributed by atoms with van der Waals surface area (Å²) in [6, 6.07) is 6.05. The maximum absolute atomic E-state index is 13.2. The lowest BCUT2D eigenvalue weighted by atomic mass is 9.69. The number of non-ortho nitro benzene ring substituents is 1. The van der Waals surface area contributed by atoms with Gasteiger partial charge in [-0.3, -0.25) is 19.7 Å². The monoisotopic (exact) mass is 440 g/mol. The lowest BCUT2D eigenvalue weighted by molar-refractivity contribution is -0.384. The van der Waals surface area contributed by atoms with E-state index in [0.717, 1.165) is 17.9 Å². The van der Waals surface area contributed by atoms with E-state index in [1.807, 2.05) is 13.8 Å². The molecule has 1 atom stereocenters. The zero-order valence-corrected chi connectivity index (χ0v) is 18.5. The van der Waals surface area contributed by atoms with Gasteiger partial charge in [0.15, 0.2) is 10.9 Å². The van der Waals surface area contributed by atoms with Crippen molar-refractivity contribution in [3.8, 4) is 0 Å². The number of carbonyl (C=O) groups is 1. The molecule has 0 spiro atoms. The van der Waals surface area contributed by atoms with E-state index in [9.17, 15) is 19.7 Å². The minimum Gasteiger partial charge on any atom is -0.343 e. The molecule has 31 heavy (non-hydrogen) atoms. The second kappa shape index (κ2) is 7.96. The van der Waals surface area contributed by atoms with Crippen LogP contribution in [0.4, 0.5) is 11.5 Å². The number of carbonyl (C=O) groups excluding carboxylic acids is 1. The van der Waals surface area contributed by atoms with E-state index in [0.29, 0.717) is 40.5 Å². The molecule has 0 saturated carbocycles. The molecule has 2 aliphatic rings. The summed E-state index contributed by atoms with van der Waals surface area (Å²) in [6.45, 7) is 6.14. The summed E-state index contributed by atoms with van der Waals surface area (Å²) in [5.41, 5.74) is 1.83. The number of hydrogen-bond donors (Lipinski definition) is 2. The zero-order valence-electron chi connectivity index (χ0n) is 17.7. The van der Waals surface area contributed by atoms with Gasteiger partial charge in [-0.1, -0.05) is 44.7 Å². The van der Waals surface area contributed by atoms with Crippen LogP contribution < -0.4 is 10.9 Å². The van der Waals surface area contributed by atoms with Crippen LogP contribution in [0.15, 0.2) is 45.5 Å². The van der Waals surface area contributed by atoms with Crippen molar-refractivity contribution in [2.24, 2.45) is 5.41 Å². The molecule has 2 aromatic rings. The van der Waals surface area contributed by atoms with Gasteiger partial charge in [-0.2, -0.15) is 0 Å². The number of aromatic amines is 1. The summed E-state index contributed by atoms with van der Waals surface area (Å²) < 4.78 is 0. The number of benzene rings is 1. The maximum atomic E-state index is 13.2. The minimum absolute atomic E-state index is 0.0170. The first-order valence-corrected chi connectivity index (χ1v) is 11.2. The van der Waals surface area contributed by atoms with Gasteiger partial charge >= 0.3 is 0 Å². The van der Waals surface area contributed by atoms with Gasteiger partial charge in [-0.25, -0.2) is 4.98 Å². The number of aromatic nitrogens is 2. The summed E-state index contributed by atoms with van der Waals surface area (Å²) in [6.07, 6.45) is 1.98. The Hall–Kier alpha value is -2.94. The zero-order chi connectivity index (χ0) is 22.3. The van der Waals surface area contributed by atoms with E-state index in [1.54, 1.807) is 12.1 Å². The molecule has 0 fully saturated rings. The highest BCUT2D eigenvalue weighted by Gasteiger charge is 2.42. The highest BCUT2D eigenvalue weighted by Crippen LogP contribution is 2.47. The van der Waals surface area contributed by atoms with Crippen molar-refractivity contribution in [2.45, 2.75) is 51.1 Å². The highest BCUT2D eigenvalue weighted by molar-refractivity contribution is 7.99. The van der Waals surface area contributed by atoms with Crippen LogP contribution in [0.25, 0.3) is 0 Å². The van der Waals surface area contributed by atoms with Crippen LogP contribution in [0.1, 0.15) is 57.1 Å². The Kier molecular flexibility index (Phi) is 5.47. The number of anilines is 1. The van der Waals surface area contributed by atoms with Crippen LogP contribution in [0, 0.1) is 15.5 Å². The van der Waals surface area contributed by atoms with Crippen LogP contribution in [0.2, 0.25) is 0 Å². The van der Waals surface area contributed by atoms with Crippen molar-refractivity contribution < 1.29 is 9.72 Å². The average molecular weight is 441 g/mol. The fourth-order valence-electron chi connectivity index (χ4n) is 4.28. The molecule has 0 radical (unpaired) electrons. The number of nitrogens with one attached hydrogen (secondary N) is 2. The number of rotatable bonds is 5. The number of ketones is 1. The van der Waals surface area contributed by atoms with E-state index in [2.05, 4.69) is 22.2 Å². The molecule has 4 rings (SSSR count). The highest BCUT2D eigenvalue weighted by atomic mass is 32.2. The van der Waals surface area contributed by atoms with Crippen molar-refractivity contribution in [1.29, 1.82) is 0 Å². The normalized spacial score (nSPS) is 19.5. The molecule has 1 aromatic carbocycles. The van der Waals surface area contributed by atoms with E-state index in [-0.39, 0.29) is 22.4 Å². The summed E-state index contributed by atoms with van der Waals surface area (Å²) in [5, 5.41) is 14.9. The molecule has 0 amide bonds. The SMILES string of the molecule is CCCSc1nc2c(c(=O)[nH]1)C(c1ccc([N+](=O)[O-])cc1)C1=C(CC(C)(C)CC1=O)N2. The molecule has 0 saturated heterocycles. The van der Waals surface area contributed by atoms with Gasteiger partial charge < -0.3 is 10.3 Å². The van der Waals surface area contributed by atoms with Crippen LogP contribution in [0.3, 0.4) is 0 Å². The molecular formula is C22H24N4O4S. The Morgan fingerprint density at radius 1 is 1.23 bits per heavy atom. The lowest BCUT2D eigenvalue weighted by Gasteiger charge is -2.38. The molecule has 8 nitrogen and oxygen atoms in total. The molecule has 0 bridgehead atoms. The van der Waals surface area contributed by atoms with Crippen LogP contribution in [-0.4, -0.2) is 26.4 Å². The Morgan fingerprint density at radius 2 is 1.94 bits per heavy atom. The summed E-state index contributed by atoms with van der Waals surface area (Å²) >= 11 is 1.47. The van der Waals surface area contributed by atoms with Crippen LogP contribution >= 0.6 is 11.8 Å². The van der Waals surface area contributed by atoms with Gasteiger partial charge in [0, 0.05) is 41.5 Å². The predicted octanol–water partition coefficient (Wildman–Crippen LogP) is 4.38. The van der Waals surface area contributed by atoms with Crippen molar-refractivity contribution in [3.63, 3.8) is 0 Å². The van der Waals surface area contributed by atoms with Crippen molar-refractivity contribution >= 4 is 29.1 Å². The second-order valence-corrected chi connectivity index (χ2v) is 9.81. The number of H-pyrrole nitrogens is 1. The molecule has 1 aliphatic heterocycles. The number of nitro benzene ring substituents is 1. The minimum atomic E-state index is -0.614. The molecule has 9 heteroatoms. The van der Waals surface area contributed by atoms with Gasteiger partial charge in [0.25, 0.3) is 11.2 Å². The number of Topliss-reactive ketones (excluding diaryl/α,β-unsaturated/α-hetero) is 1. The van der Waals surface area contributed by atoms with Crippen molar-refractivity contribution in [1.82, 2.24) is 9.97 Å². The Balaban J connectivity index is 1.89. The molecule has 1 aliphatic carbocycles. The van der Waals surface area contributed by atoms with Crippen molar-refractivity contribution in [2.75, 3.05) is 11.1 Å². The Bertz CT molecular complexity index is 1150. The number of fused-ring (bicyclic) bond motifs is 1. The number of hydrogen-bond acceptors (Lipinski definition) is 7. The number of allylic oxidation sites excluding steroid dienone is 2. The van der Waals surface area contributed by atoms with Crippen LogP contribution in [0.5, 0.6) is 0 Å². The fourth-order valence-corrected chi connectivity index (χ4v) is 5.00. The summed E-state index contributed by atoms with van der Waals surface area (Å²) in [7, 11) is 0. The van der Waals surface area contributed by atoms with E-state index in [4.69, 9.17) is 0 Å². The Labute approximate surface area is 183 Å². The van der Waals surface area contributed by atoms with Gasteiger partial charge in [0.2, 0.25) is 0 Å². The topological polar surface area (TPSA) is 118 Å². The third-order valence-electron chi connectivity index (χ3n) is 5.58. The van der Waals surface area contributed by atoms with E-state index in [1.165, 1.54) is 23.9 Å². The quantitative estimate of drug-likeness (QED) is 0.306. The Morgan fingerprint density at radius 3 is 2.58 bits per heavy atom. The number of nitrogens with zero attached hydrogens (tertiary/aromatic N) is 2. The summed E-state index contributed by atoms with van der Waals surface area (Å²) in [5.74, 6) is 0.649. The maximum Gasteiger partial charge on any atom is 0.269 e. The molecule has 2 N–H and O–H groups in total. The number of thioether (sulfide) groups is 1. The third-order valence-corrected chi connectivity index (χ3v) is 6.66. The lowest BCUT2D eigenvalue weighted by Crippen LogP contribution is -2.37. The van der Waals surface area contributed by atoms with Crippen LogP contribution in [-0.2, 0) is 4.79 Å². The van der Waals surface area contributed by atoms with Gasteiger partial charge in [-0.05, 0) is 23.8 Å². The average Bonchev–Trinajstić information content (AvgIpc) is 2.69. The van der Waals surface area contributed by atoms with Crippen molar-refractivity contribution in [3.05, 3.63) is 67.1 Å². The first-order valence-electron chi connectivity index (χ1n) is 10.2. The van der Waals surface area contributed by atoms with Gasteiger partial charge in [0.1, 0.15) is 5.82 Å². The first-order chi connectivity index (χ1) is 14.7. The van der Waals surface area contributed by atoms with Gasteiger partial charge in [0.05, 0.1) is 10.5 Å². The first kappa shape index (κ1) is 21.3. The fraction of sp³-hybridized carbons (Fsp3) is 0.409. The predicted molar refractivity (Wildman–Crippen MR) is 119 cm³/mol. The smallest absolute Gasteiger partial charge is 0.269 e. The standard InChI is InChI=1S/C22H24N4O4S/c1-4-9-31-21-24-19-18(20(28)25-21)16(12-5-7-13(8-6-12)26(29)30)17-14(23-19)10-22(2,3)11-15(17)27/h5-8,16H,4,9-11H2,1-3H3,(H2,23,24,25,28). The van der Waals surface area contributed by atoms with Gasteiger partial charge in [-0.15, -0.1) is 0 Å². The molecular weight excluding hydrogens is 416 g/mol. The molecule has 2 heterocycles. The molecule has 162 valence electrons. The third kappa shape index (κ3) is 4.01. The molecule has 1 aromatic heterocycles. The summed E-state index contributed by atoms with van der Waals surface area (Å²) in [4.78, 5) is 44.4. The second-order valence-electron chi connectivity index (χ2n) is 8.72. The molecule has 1 unspecified atom stereocenters. The largest absolute Gasteiger partial charge is 0.343 e.